The summed E-state index contributed by atoms with van der Waals surface area (Å²) in [5.74, 6) is 2.78. The molecule has 3 rings (SSSR count). The van der Waals surface area contributed by atoms with Crippen molar-refractivity contribution >= 4 is 16.3 Å². The van der Waals surface area contributed by atoms with Crippen molar-refractivity contribution in [3.63, 3.8) is 0 Å². The van der Waals surface area contributed by atoms with Gasteiger partial charge in [0.25, 0.3) is 0 Å². The van der Waals surface area contributed by atoms with Gasteiger partial charge in [-0.1, -0.05) is 11.3 Å². The van der Waals surface area contributed by atoms with Crippen LogP contribution in [0.2, 0.25) is 0 Å². The molecule has 98 valence electrons. The summed E-state index contributed by atoms with van der Waals surface area (Å²) in [4.78, 5) is 11.3. The topological polar surface area (TPSA) is 55.2 Å². The molecule has 0 atom stereocenters. The highest BCUT2D eigenvalue weighted by Gasteiger charge is 2.40. The van der Waals surface area contributed by atoms with Crippen LogP contribution < -0.4 is 5.32 Å². The normalized spacial score (nSPS) is 19.4. The fraction of sp³-hybridized carbons (Fsp3) is 0.692. The maximum absolute atomic E-state index is 10.6. The first-order valence-corrected chi connectivity index (χ1v) is 7.49. The van der Waals surface area contributed by atoms with Crippen molar-refractivity contribution in [3.8, 4) is 0 Å². The van der Waals surface area contributed by atoms with Gasteiger partial charge in [-0.05, 0) is 56.0 Å². The molecule has 0 unspecified atom stereocenters. The maximum Gasteiger partial charge on any atom is 0.324 e. The summed E-state index contributed by atoms with van der Waals surface area (Å²) in [5, 5.41) is 14.3. The maximum atomic E-state index is 10.6. The van der Waals surface area contributed by atoms with Crippen LogP contribution in [0.15, 0.2) is 12.1 Å². The summed E-state index contributed by atoms with van der Waals surface area (Å²) in [6, 6.07) is 3.46. The minimum absolute atomic E-state index is 0.243. The number of rotatable bonds is 7. The summed E-state index contributed by atoms with van der Waals surface area (Å²) in [5.41, 5.74) is 0. The molecule has 0 aliphatic heterocycles. The van der Waals surface area contributed by atoms with Gasteiger partial charge in [0.2, 0.25) is 0 Å². The molecule has 2 saturated carbocycles. The summed E-state index contributed by atoms with van der Waals surface area (Å²) in [6.07, 6.45) is 5.64. The van der Waals surface area contributed by atoms with Crippen LogP contribution in [0.4, 0.5) is 5.00 Å². The molecule has 0 aromatic carbocycles. The van der Waals surface area contributed by atoms with E-state index in [0.717, 1.165) is 35.7 Å². The van der Waals surface area contributed by atoms with E-state index in [1.54, 1.807) is 6.07 Å². The highest BCUT2D eigenvalue weighted by molar-refractivity contribution is 7.15. The zero-order valence-corrected chi connectivity index (χ0v) is 11.1. The van der Waals surface area contributed by atoms with E-state index in [-0.39, 0.29) is 9.92 Å². The number of nitro groups is 1. The highest BCUT2D eigenvalue weighted by atomic mass is 32.1. The van der Waals surface area contributed by atoms with Gasteiger partial charge >= 0.3 is 5.00 Å². The molecule has 18 heavy (non-hydrogen) atoms. The van der Waals surface area contributed by atoms with E-state index in [4.69, 9.17) is 0 Å². The summed E-state index contributed by atoms with van der Waals surface area (Å²) < 4.78 is 0. The van der Waals surface area contributed by atoms with Crippen molar-refractivity contribution in [2.24, 2.45) is 17.8 Å². The third kappa shape index (κ3) is 2.90. The molecular weight excluding hydrogens is 248 g/mol. The van der Waals surface area contributed by atoms with Crippen LogP contribution in [-0.2, 0) is 6.54 Å². The highest BCUT2D eigenvalue weighted by Crippen LogP contribution is 2.48. The number of thiophene rings is 1. The van der Waals surface area contributed by atoms with Gasteiger partial charge < -0.3 is 5.32 Å². The zero-order valence-electron chi connectivity index (χ0n) is 10.3. The SMILES string of the molecule is O=[N+]([O-])c1ccc(CNCC(C2CC2)C2CC2)s1. The van der Waals surface area contributed by atoms with Crippen LogP contribution in [-0.4, -0.2) is 11.5 Å². The minimum atomic E-state index is -0.314. The van der Waals surface area contributed by atoms with Gasteiger partial charge in [-0.15, -0.1) is 0 Å². The molecule has 0 spiro atoms. The van der Waals surface area contributed by atoms with Crippen LogP contribution in [0.25, 0.3) is 0 Å². The fourth-order valence-electron chi connectivity index (χ4n) is 2.69. The summed E-state index contributed by atoms with van der Waals surface area (Å²) in [6.45, 7) is 1.86. The average molecular weight is 266 g/mol. The molecule has 5 heteroatoms. The van der Waals surface area contributed by atoms with E-state index >= 15 is 0 Å². The Bertz CT molecular complexity index is 426. The van der Waals surface area contributed by atoms with Crippen LogP contribution in [0.1, 0.15) is 30.6 Å². The Kier molecular flexibility index (Phi) is 3.35. The largest absolute Gasteiger partial charge is 0.324 e. The van der Waals surface area contributed by atoms with Gasteiger partial charge in [0, 0.05) is 17.5 Å². The fourth-order valence-corrected chi connectivity index (χ4v) is 3.48. The van der Waals surface area contributed by atoms with Crippen LogP contribution in [0, 0.1) is 27.9 Å². The van der Waals surface area contributed by atoms with E-state index in [1.807, 2.05) is 6.07 Å². The predicted molar refractivity (Wildman–Crippen MR) is 71.6 cm³/mol. The Morgan fingerprint density at radius 3 is 2.50 bits per heavy atom. The van der Waals surface area contributed by atoms with E-state index in [1.165, 1.54) is 37.0 Å². The monoisotopic (exact) mass is 266 g/mol. The molecular formula is C13H18N2O2S. The Balaban J connectivity index is 1.46. The standard InChI is InChI=1S/C13H18N2O2S/c16-15(17)13-6-5-11(18-13)7-14-8-12(9-1-2-9)10-3-4-10/h5-6,9-10,12,14H,1-4,7-8H2. The number of hydrogen-bond donors (Lipinski definition) is 1. The molecule has 1 heterocycles. The number of nitrogens with one attached hydrogen (secondary N) is 1. The molecule has 0 bridgehead atoms. The molecule has 1 N–H and O–H groups in total. The Morgan fingerprint density at radius 2 is 2.00 bits per heavy atom. The summed E-state index contributed by atoms with van der Waals surface area (Å²) >= 11 is 1.28. The van der Waals surface area contributed by atoms with Gasteiger partial charge in [-0.2, -0.15) is 0 Å². The number of hydrogen-bond acceptors (Lipinski definition) is 4. The van der Waals surface area contributed by atoms with E-state index in [9.17, 15) is 10.1 Å². The van der Waals surface area contributed by atoms with Crippen molar-refractivity contribution in [3.05, 3.63) is 27.1 Å². The third-order valence-corrected chi connectivity index (χ3v) is 5.00. The van der Waals surface area contributed by atoms with Gasteiger partial charge in [0.15, 0.2) is 0 Å². The van der Waals surface area contributed by atoms with Gasteiger partial charge in [0.1, 0.15) is 0 Å². The first kappa shape index (κ1) is 12.1. The first-order chi connectivity index (χ1) is 8.74. The number of nitrogens with zero attached hydrogens (tertiary/aromatic N) is 1. The summed E-state index contributed by atoms with van der Waals surface area (Å²) in [7, 11) is 0. The van der Waals surface area contributed by atoms with E-state index < -0.39 is 0 Å². The van der Waals surface area contributed by atoms with E-state index in [0.29, 0.717) is 0 Å². The lowest BCUT2D eigenvalue weighted by Gasteiger charge is -2.15. The smallest absolute Gasteiger partial charge is 0.312 e. The van der Waals surface area contributed by atoms with Crippen molar-refractivity contribution in [1.82, 2.24) is 5.32 Å². The molecule has 2 aliphatic rings. The van der Waals surface area contributed by atoms with Crippen molar-refractivity contribution in [1.29, 1.82) is 0 Å². The Hall–Kier alpha value is -0.940. The second-order valence-corrected chi connectivity index (χ2v) is 6.61. The van der Waals surface area contributed by atoms with Gasteiger partial charge in [-0.3, -0.25) is 10.1 Å². The van der Waals surface area contributed by atoms with Crippen LogP contribution in [0.3, 0.4) is 0 Å². The van der Waals surface area contributed by atoms with Crippen molar-refractivity contribution < 1.29 is 4.92 Å². The molecule has 2 aliphatic carbocycles. The molecule has 0 saturated heterocycles. The van der Waals surface area contributed by atoms with Crippen LogP contribution >= 0.6 is 11.3 Å². The second kappa shape index (κ2) is 4.97. The lowest BCUT2D eigenvalue weighted by atomic mass is 9.98. The van der Waals surface area contributed by atoms with Crippen LogP contribution in [0.5, 0.6) is 0 Å². The predicted octanol–water partition coefficient (Wildman–Crippen LogP) is 3.18. The molecule has 1 aromatic heterocycles. The minimum Gasteiger partial charge on any atom is -0.312 e. The molecule has 0 amide bonds. The third-order valence-electron chi connectivity index (χ3n) is 3.96. The average Bonchev–Trinajstić information content (AvgIpc) is 3.25. The Labute approximate surface area is 111 Å². The lowest BCUT2D eigenvalue weighted by Crippen LogP contribution is -2.24. The van der Waals surface area contributed by atoms with Crippen molar-refractivity contribution in [2.75, 3.05) is 6.54 Å². The molecule has 0 radical (unpaired) electrons. The molecule has 2 fully saturated rings. The second-order valence-electron chi connectivity index (χ2n) is 5.47. The Morgan fingerprint density at radius 1 is 1.33 bits per heavy atom. The first-order valence-electron chi connectivity index (χ1n) is 6.68. The lowest BCUT2D eigenvalue weighted by molar-refractivity contribution is -0.380. The quantitative estimate of drug-likeness (QED) is 0.609. The van der Waals surface area contributed by atoms with Gasteiger partial charge in [0.05, 0.1) is 4.92 Å². The molecule has 1 aromatic rings. The zero-order chi connectivity index (χ0) is 12.5. The van der Waals surface area contributed by atoms with Crippen molar-refractivity contribution in [2.45, 2.75) is 32.2 Å². The van der Waals surface area contributed by atoms with Gasteiger partial charge in [-0.25, -0.2) is 0 Å². The molecule has 4 nitrogen and oxygen atoms in total. The van der Waals surface area contributed by atoms with E-state index in [2.05, 4.69) is 5.32 Å².